The van der Waals surface area contributed by atoms with Gasteiger partial charge in [0.05, 0.1) is 6.04 Å². The highest BCUT2D eigenvalue weighted by molar-refractivity contribution is 6.02. The lowest BCUT2D eigenvalue weighted by Gasteiger charge is -2.13. The van der Waals surface area contributed by atoms with Crippen LogP contribution in [0, 0.1) is 0 Å². The van der Waals surface area contributed by atoms with Gasteiger partial charge in [0.25, 0.3) is 0 Å². The molecule has 0 aromatic heterocycles. The summed E-state index contributed by atoms with van der Waals surface area (Å²) >= 11 is 0. The molecule has 5 nitrogen and oxygen atoms in total. The van der Waals surface area contributed by atoms with E-state index >= 15 is 0 Å². The van der Waals surface area contributed by atoms with Gasteiger partial charge >= 0.3 is 0 Å². The summed E-state index contributed by atoms with van der Waals surface area (Å²) in [4.78, 5) is 22.1. The molecule has 1 aliphatic heterocycles. The van der Waals surface area contributed by atoms with Crippen LogP contribution in [0.4, 0.5) is 0 Å². The topological polar surface area (TPSA) is 83.6 Å². The predicted octanol–water partition coefficient (Wildman–Crippen LogP) is -0.159. The van der Waals surface area contributed by atoms with E-state index < -0.39 is 11.9 Å². The molecule has 3 N–H and O–H groups in total. The van der Waals surface area contributed by atoms with Crippen LogP contribution in [0.25, 0.3) is 0 Å². The summed E-state index contributed by atoms with van der Waals surface area (Å²) in [7, 11) is 0. The fraction of sp³-hybridized carbons (Fsp3) is 0.556. The van der Waals surface area contributed by atoms with Crippen LogP contribution in [-0.2, 0) is 9.59 Å². The second-order valence-corrected chi connectivity index (χ2v) is 3.42. The first-order valence-electron chi connectivity index (χ1n) is 4.50. The Morgan fingerprint density at radius 1 is 1.57 bits per heavy atom. The third kappa shape index (κ3) is 2.40. The molecule has 1 amide bonds. The summed E-state index contributed by atoms with van der Waals surface area (Å²) in [6.07, 6.45) is 2.61. The molecule has 14 heavy (non-hydrogen) atoms. The lowest BCUT2D eigenvalue weighted by molar-refractivity contribution is -0.139. The molecule has 0 aromatic carbocycles. The maximum absolute atomic E-state index is 11.5. The molecule has 78 valence electrons. The van der Waals surface area contributed by atoms with Crippen molar-refractivity contribution in [2.75, 3.05) is 6.54 Å². The summed E-state index contributed by atoms with van der Waals surface area (Å²) < 4.78 is 0. The number of hydrogen-bond acceptors (Lipinski definition) is 4. The van der Waals surface area contributed by atoms with Crippen molar-refractivity contribution in [1.82, 2.24) is 5.06 Å². The molecule has 1 heterocycles. The van der Waals surface area contributed by atoms with E-state index in [1.807, 2.05) is 0 Å². The Kier molecular flexibility index (Phi) is 3.38. The monoisotopic (exact) mass is 198 g/mol. The van der Waals surface area contributed by atoms with E-state index in [-0.39, 0.29) is 11.4 Å². The number of amides is 1. The summed E-state index contributed by atoms with van der Waals surface area (Å²) in [6.45, 7) is 1.98. The zero-order chi connectivity index (χ0) is 10.7. The number of nitrogens with zero attached hydrogens (tertiary/aromatic N) is 1. The maximum atomic E-state index is 11.5. The smallest absolute Gasteiger partial charge is 0.244 e. The molecule has 0 aromatic rings. The minimum absolute atomic E-state index is 0.218. The molecule has 0 radical (unpaired) electrons. The fourth-order valence-electron chi connectivity index (χ4n) is 1.42. The van der Waals surface area contributed by atoms with Gasteiger partial charge in [0.15, 0.2) is 5.78 Å². The highest BCUT2D eigenvalue weighted by Gasteiger charge is 2.28. The van der Waals surface area contributed by atoms with Crippen LogP contribution in [-0.4, -0.2) is 34.5 Å². The van der Waals surface area contributed by atoms with Crippen LogP contribution < -0.4 is 5.73 Å². The Bertz CT molecular complexity index is 286. The van der Waals surface area contributed by atoms with E-state index in [1.165, 1.54) is 13.0 Å². The van der Waals surface area contributed by atoms with Crippen molar-refractivity contribution in [1.29, 1.82) is 0 Å². The van der Waals surface area contributed by atoms with Crippen molar-refractivity contribution in [3.05, 3.63) is 11.6 Å². The highest BCUT2D eigenvalue weighted by atomic mass is 16.5. The molecule has 0 saturated carbocycles. The standard InChI is InChI=1S/C9H14N2O3/c1-6(9(10)13)5-8(12)7-3-2-4-11(7)14/h5,7,14H,2-4H2,1H3,(H2,10,13). The van der Waals surface area contributed by atoms with E-state index in [1.54, 1.807) is 0 Å². The summed E-state index contributed by atoms with van der Waals surface area (Å²) in [6, 6.07) is -0.510. The first-order chi connectivity index (χ1) is 6.52. The highest BCUT2D eigenvalue weighted by Crippen LogP contribution is 2.16. The van der Waals surface area contributed by atoms with Crippen LogP contribution in [0.1, 0.15) is 19.8 Å². The Labute approximate surface area is 82.1 Å². The predicted molar refractivity (Wildman–Crippen MR) is 49.5 cm³/mol. The summed E-state index contributed by atoms with van der Waals surface area (Å²) in [5.41, 5.74) is 5.20. The third-order valence-corrected chi connectivity index (χ3v) is 2.30. The molecule has 1 fully saturated rings. The van der Waals surface area contributed by atoms with Crippen molar-refractivity contribution >= 4 is 11.7 Å². The van der Waals surface area contributed by atoms with Gasteiger partial charge in [0, 0.05) is 12.1 Å². The lowest BCUT2D eigenvalue weighted by Crippen LogP contribution is -2.32. The molecule has 0 aliphatic carbocycles. The number of nitrogens with two attached hydrogens (primary N) is 1. The number of primary amides is 1. The summed E-state index contributed by atoms with van der Waals surface area (Å²) in [5.74, 6) is -0.873. The lowest BCUT2D eigenvalue weighted by atomic mass is 10.1. The van der Waals surface area contributed by atoms with Gasteiger partial charge in [-0.3, -0.25) is 9.59 Å². The zero-order valence-electron chi connectivity index (χ0n) is 8.06. The Morgan fingerprint density at radius 3 is 2.64 bits per heavy atom. The Hall–Kier alpha value is -1.20. The van der Waals surface area contributed by atoms with E-state index in [0.29, 0.717) is 13.0 Å². The molecule has 1 atom stereocenters. The van der Waals surface area contributed by atoms with E-state index in [4.69, 9.17) is 5.73 Å². The molecule has 0 spiro atoms. The fourth-order valence-corrected chi connectivity index (χ4v) is 1.42. The van der Waals surface area contributed by atoms with Crippen LogP contribution in [0.2, 0.25) is 0 Å². The quantitative estimate of drug-likeness (QED) is 0.617. The summed E-state index contributed by atoms with van der Waals surface area (Å²) in [5, 5.41) is 10.3. The van der Waals surface area contributed by atoms with Crippen LogP contribution in [0.3, 0.4) is 0 Å². The van der Waals surface area contributed by atoms with Crippen molar-refractivity contribution in [2.45, 2.75) is 25.8 Å². The van der Waals surface area contributed by atoms with Crippen molar-refractivity contribution in [3.63, 3.8) is 0 Å². The molecule has 0 bridgehead atoms. The van der Waals surface area contributed by atoms with Crippen molar-refractivity contribution in [2.24, 2.45) is 5.73 Å². The SMILES string of the molecule is CC(=CC(=O)C1CCCN1O)C(N)=O. The molecule has 1 rings (SSSR count). The van der Waals surface area contributed by atoms with Crippen molar-refractivity contribution < 1.29 is 14.8 Å². The van der Waals surface area contributed by atoms with E-state index in [9.17, 15) is 14.8 Å². The first kappa shape index (κ1) is 10.9. The second-order valence-electron chi connectivity index (χ2n) is 3.42. The van der Waals surface area contributed by atoms with Crippen LogP contribution >= 0.6 is 0 Å². The molecule has 5 heteroatoms. The average Bonchev–Trinajstić information content (AvgIpc) is 2.51. The average molecular weight is 198 g/mol. The van der Waals surface area contributed by atoms with Gasteiger partial charge in [0.2, 0.25) is 5.91 Å². The van der Waals surface area contributed by atoms with Gasteiger partial charge in [-0.05, 0) is 25.8 Å². The molecule has 1 aliphatic rings. The van der Waals surface area contributed by atoms with Gasteiger partial charge in [-0.25, -0.2) is 0 Å². The number of rotatable bonds is 3. The van der Waals surface area contributed by atoms with Gasteiger partial charge in [-0.1, -0.05) is 0 Å². The van der Waals surface area contributed by atoms with E-state index in [2.05, 4.69) is 0 Å². The number of hydrogen-bond donors (Lipinski definition) is 2. The number of carbonyl (C=O) groups is 2. The maximum Gasteiger partial charge on any atom is 0.244 e. The van der Waals surface area contributed by atoms with E-state index in [0.717, 1.165) is 11.5 Å². The first-order valence-corrected chi connectivity index (χ1v) is 4.50. The molecular weight excluding hydrogens is 184 g/mol. The molecular formula is C9H14N2O3. The van der Waals surface area contributed by atoms with Gasteiger partial charge in [-0.15, -0.1) is 0 Å². The van der Waals surface area contributed by atoms with Gasteiger partial charge < -0.3 is 10.9 Å². The largest absolute Gasteiger partial charge is 0.366 e. The zero-order valence-corrected chi connectivity index (χ0v) is 8.06. The minimum Gasteiger partial charge on any atom is -0.366 e. The molecule has 1 saturated heterocycles. The number of hydroxylamine groups is 2. The molecule has 1 unspecified atom stereocenters. The third-order valence-electron chi connectivity index (χ3n) is 2.30. The normalized spacial score (nSPS) is 23.9. The van der Waals surface area contributed by atoms with Gasteiger partial charge in [-0.2, -0.15) is 5.06 Å². The number of ketones is 1. The minimum atomic E-state index is -0.610. The van der Waals surface area contributed by atoms with Crippen LogP contribution in [0.5, 0.6) is 0 Å². The Morgan fingerprint density at radius 2 is 2.21 bits per heavy atom. The van der Waals surface area contributed by atoms with Gasteiger partial charge in [0.1, 0.15) is 0 Å². The Balaban J connectivity index is 2.66. The number of carbonyl (C=O) groups excluding carboxylic acids is 2. The van der Waals surface area contributed by atoms with Crippen LogP contribution in [0.15, 0.2) is 11.6 Å². The second kappa shape index (κ2) is 4.34. The van der Waals surface area contributed by atoms with Crippen molar-refractivity contribution in [3.8, 4) is 0 Å².